The summed E-state index contributed by atoms with van der Waals surface area (Å²) in [5.41, 5.74) is 0. The molecule has 106 valence electrons. The minimum atomic E-state index is -3.78. The summed E-state index contributed by atoms with van der Waals surface area (Å²) in [7, 11) is -3.78. The summed E-state index contributed by atoms with van der Waals surface area (Å²) in [5, 5.41) is 0. The lowest BCUT2D eigenvalue weighted by molar-refractivity contribution is 0.490. The number of nitrogens with one attached hydrogen (secondary N) is 1. The molecule has 1 unspecified atom stereocenters. The molecule has 0 amide bonds. The largest absolute Gasteiger partial charge is 0.243 e. The lowest BCUT2D eigenvalue weighted by atomic mass is 10.1. The van der Waals surface area contributed by atoms with Crippen LogP contribution in [0.5, 0.6) is 0 Å². The first-order chi connectivity index (χ1) is 8.92. The van der Waals surface area contributed by atoms with Crippen molar-refractivity contribution in [1.82, 2.24) is 4.72 Å². The molecule has 19 heavy (non-hydrogen) atoms. The Morgan fingerprint density at radius 3 is 2.68 bits per heavy atom. The summed E-state index contributed by atoms with van der Waals surface area (Å²) in [5.74, 6) is -0.106. The highest BCUT2D eigenvalue weighted by Crippen LogP contribution is 2.34. The van der Waals surface area contributed by atoms with E-state index in [0.29, 0.717) is 16.8 Å². The molecule has 1 N–H and O–H groups in total. The number of benzene rings is 1. The highest BCUT2D eigenvalue weighted by molar-refractivity contribution is 9.10. The summed E-state index contributed by atoms with van der Waals surface area (Å²) >= 11 is 3.11. The quantitative estimate of drug-likeness (QED) is 0.854. The summed E-state index contributed by atoms with van der Waals surface area (Å²) in [6.07, 6.45) is 3.90. The van der Waals surface area contributed by atoms with Gasteiger partial charge in [-0.3, -0.25) is 0 Å². The first-order valence-electron chi connectivity index (χ1n) is 6.39. The van der Waals surface area contributed by atoms with Crippen LogP contribution in [0.3, 0.4) is 0 Å². The second kappa shape index (κ2) is 5.89. The Morgan fingerprint density at radius 1 is 1.47 bits per heavy atom. The monoisotopic (exact) mass is 349 g/mol. The Hall–Kier alpha value is -0.460. The van der Waals surface area contributed by atoms with E-state index in [2.05, 4.69) is 20.7 Å². The van der Waals surface area contributed by atoms with Crippen LogP contribution in [0, 0.1) is 11.7 Å². The average molecular weight is 350 g/mol. The summed E-state index contributed by atoms with van der Waals surface area (Å²) in [4.78, 5) is -0.287. The van der Waals surface area contributed by atoms with Gasteiger partial charge in [-0.1, -0.05) is 35.7 Å². The van der Waals surface area contributed by atoms with Crippen LogP contribution in [0.15, 0.2) is 27.6 Å². The molecule has 0 aliphatic heterocycles. The van der Waals surface area contributed by atoms with Gasteiger partial charge in [-0.05, 0) is 37.0 Å². The summed E-state index contributed by atoms with van der Waals surface area (Å²) < 4.78 is 41.2. The van der Waals surface area contributed by atoms with Crippen LogP contribution in [0.25, 0.3) is 0 Å². The fourth-order valence-corrected chi connectivity index (χ4v) is 3.75. The van der Waals surface area contributed by atoms with Crippen molar-refractivity contribution >= 4 is 26.0 Å². The zero-order valence-electron chi connectivity index (χ0n) is 10.7. The van der Waals surface area contributed by atoms with Gasteiger partial charge in [-0.25, -0.2) is 17.5 Å². The Labute approximate surface area is 121 Å². The zero-order valence-corrected chi connectivity index (χ0v) is 13.1. The van der Waals surface area contributed by atoms with Crippen molar-refractivity contribution in [3.8, 4) is 0 Å². The first-order valence-corrected chi connectivity index (χ1v) is 8.67. The molecule has 1 aliphatic rings. The number of halogens is 2. The van der Waals surface area contributed by atoms with Crippen molar-refractivity contribution in [3.05, 3.63) is 28.5 Å². The van der Waals surface area contributed by atoms with Gasteiger partial charge in [0.1, 0.15) is 10.7 Å². The topological polar surface area (TPSA) is 46.2 Å². The van der Waals surface area contributed by atoms with Gasteiger partial charge in [0.15, 0.2) is 0 Å². The minimum absolute atomic E-state index is 0.111. The number of hydrogen-bond donors (Lipinski definition) is 1. The van der Waals surface area contributed by atoms with Gasteiger partial charge in [0, 0.05) is 10.5 Å². The molecule has 6 heteroatoms. The molecule has 3 nitrogen and oxygen atoms in total. The Morgan fingerprint density at radius 2 is 2.16 bits per heavy atom. The van der Waals surface area contributed by atoms with E-state index in [1.165, 1.54) is 25.0 Å². The second-order valence-electron chi connectivity index (χ2n) is 4.98. The molecule has 0 radical (unpaired) electrons. The Bertz CT molecular complexity index is 558. The lowest BCUT2D eigenvalue weighted by Crippen LogP contribution is -2.35. The van der Waals surface area contributed by atoms with Crippen LogP contribution in [0.2, 0.25) is 0 Å². The molecule has 1 fully saturated rings. The van der Waals surface area contributed by atoms with Gasteiger partial charge >= 0.3 is 0 Å². The zero-order chi connectivity index (χ0) is 14.0. The molecule has 0 saturated heterocycles. The van der Waals surface area contributed by atoms with Crippen molar-refractivity contribution in [2.75, 3.05) is 0 Å². The highest BCUT2D eigenvalue weighted by Gasteiger charge is 2.28. The molecular weight excluding hydrogens is 333 g/mol. The fraction of sp³-hybridized carbons (Fsp3) is 0.538. The third-order valence-electron chi connectivity index (χ3n) is 3.31. The van der Waals surface area contributed by atoms with Crippen molar-refractivity contribution in [2.24, 2.45) is 5.92 Å². The molecule has 2 rings (SSSR count). The van der Waals surface area contributed by atoms with E-state index in [1.807, 2.05) is 6.92 Å². The first kappa shape index (κ1) is 14.9. The van der Waals surface area contributed by atoms with Crippen molar-refractivity contribution in [2.45, 2.75) is 43.5 Å². The molecule has 1 aromatic rings. The SMILES string of the molecule is CCC(CC1CC1)NS(=O)(=O)c1ccc(Br)cc1F. The van der Waals surface area contributed by atoms with Crippen molar-refractivity contribution in [3.63, 3.8) is 0 Å². The second-order valence-corrected chi connectivity index (χ2v) is 7.58. The van der Waals surface area contributed by atoms with E-state index in [1.54, 1.807) is 0 Å². The van der Waals surface area contributed by atoms with Crippen molar-refractivity contribution < 1.29 is 12.8 Å². The normalized spacial score (nSPS) is 17.4. The van der Waals surface area contributed by atoms with Crippen LogP contribution in [0.1, 0.15) is 32.6 Å². The molecular formula is C13H17BrFNO2S. The van der Waals surface area contributed by atoms with E-state index >= 15 is 0 Å². The fourth-order valence-electron chi connectivity index (χ4n) is 2.03. The van der Waals surface area contributed by atoms with Crippen LogP contribution >= 0.6 is 15.9 Å². The van der Waals surface area contributed by atoms with E-state index in [0.717, 1.165) is 12.5 Å². The average Bonchev–Trinajstić information content (AvgIpc) is 3.11. The van der Waals surface area contributed by atoms with Gasteiger partial charge < -0.3 is 0 Å². The Balaban J connectivity index is 2.15. The maximum Gasteiger partial charge on any atom is 0.243 e. The van der Waals surface area contributed by atoms with Crippen molar-refractivity contribution in [1.29, 1.82) is 0 Å². The highest BCUT2D eigenvalue weighted by atomic mass is 79.9. The summed E-state index contributed by atoms with van der Waals surface area (Å²) in [6.45, 7) is 1.94. The number of rotatable bonds is 6. The third kappa shape index (κ3) is 4.00. The summed E-state index contributed by atoms with van der Waals surface area (Å²) in [6, 6.07) is 3.86. The third-order valence-corrected chi connectivity index (χ3v) is 5.36. The van der Waals surface area contributed by atoms with Crippen LogP contribution in [0.4, 0.5) is 4.39 Å². The maximum atomic E-state index is 13.7. The predicted molar refractivity (Wildman–Crippen MR) is 75.8 cm³/mol. The number of sulfonamides is 1. The van der Waals surface area contributed by atoms with Crippen LogP contribution < -0.4 is 4.72 Å². The molecule has 0 heterocycles. The van der Waals surface area contributed by atoms with E-state index < -0.39 is 15.8 Å². The molecule has 1 atom stereocenters. The van der Waals surface area contributed by atoms with Gasteiger partial charge in [-0.2, -0.15) is 0 Å². The van der Waals surface area contributed by atoms with Gasteiger partial charge in [-0.15, -0.1) is 0 Å². The molecule has 1 saturated carbocycles. The maximum absolute atomic E-state index is 13.7. The Kier molecular flexibility index (Phi) is 4.63. The smallest absolute Gasteiger partial charge is 0.208 e. The van der Waals surface area contributed by atoms with Gasteiger partial charge in [0.2, 0.25) is 10.0 Å². The minimum Gasteiger partial charge on any atom is -0.208 e. The van der Waals surface area contributed by atoms with Gasteiger partial charge in [0.25, 0.3) is 0 Å². The lowest BCUT2D eigenvalue weighted by Gasteiger charge is -2.17. The molecule has 0 spiro atoms. The predicted octanol–water partition coefficient (Wildman–Crippen LogP) is 3.45. The number of hydrogen-bond acceptors (Lipinski definition) is 2. The molecule has 0 aromatic heterocycles. The van der Waals surface area contributed by atoms with Crippen LogP contribution in [-0.2, 0) is 10.0 Å². The molecule has 0 bridgehead atoms. The molecule has 1 aromatic carbocycles. The van der Waals surface area contributed by atoms with Crippen LogP contribution in [-0.4, -0.2) is 14.5 Å². The van der Waals surface area contributed by atoms with Gasteiger partial charge in [0.05, 0.1) is 0 Å². The van der Waals surface area contributed by atoms with E-state index in [9.17, 15) is 12.8 Å². The van der Waals surface area contributed by atoms with E-state index in [4.69, 9.17) is 0 Å². The standard InChI is InChI=1S/C13H17BrFNO2S/c1-2-11(7-9-3-4-9)16-19(17,18)13-6-5-10(14)8-12(13)15/h5-6,8-9,11,16H,2-4,7H2,1H3. The van der Waals surface area contributed by atoms with E-state index in [-0.39, 0.29) is 10.9 Å². The molecule has 1 aliphatic carbocycles.